The fourth-order valence-electron chi connectivity index (χ4n) is 3.74. The molecule has 1 heterocycles. The van der Waals surface area contributed by atoms with Gasteiger partial charge in [0.25, 0.3) is 0 Å². The highest BCUT2D eigenvalue weighted by molar-refractivity contribution is 5.84. The van der Waals surface area contributed by atoms with Gasteiger partial charge >= 0.3 is 0 Å². The maximum absolute atomic E-state index is 12.2. The van der Waals surface area contributed by atoms with Crippen molar-refractivity contribution in [3.8, 4) is 0 Å². The minimum Gasteiger partial charge on any atom is -0.351 e. The summed E-state index contributed by atoms with van der Waals surface area (Å²) >= 11 is 0. The van der Waals surface area contributed by atoms with Gasteiger partial charge in [0, 0.05) is 25.0 Å². The molecule has 6 heteroatoms. The molecule has 0 radical (unpaired) electrons. The van der Waals surface area contributed by atoms with E-state index in [2.05, 4.69) is 31.4 Å². The topological polar surface area (TPSA) is 87.5 Å². The van der Waals surface area contributed by atoms with Crippen LogP contribution in [0.4, 0.5) is 0 Å². The molecule has 22 heavy (non-hydrogen) atoms. The van der Waals surface area contributed by atoms with Gasteiger partial charge < -0.3 is 21.3 Å². The summed E-state index contributed by atoms with van der Waals surface area (Å²) < 4.78 is 0. The number of nitrogens with two attached hydrogens (primary N) is 1. The Kier molecular flexibility index (Phi) is 5.12. The van der Waals surface area contributed by atoms with E-state index < -0.39 is 0 Å². The maximum atomic E-state index is 12.2. The highest BCUT2D eigenvalue weighted by Crippen LogP contribution is 2.28. The third-order valence-corrected chi connectivity index (χ3v) is 4.52. The summed E-state index contributed by atoms with van der Waals surface area (Å²) in [7, 11) is 0. The van der Waals surface area contributed by atoms with Crippen LogP contribution in [0.3, 0.4) is 0 Å². The largest absolute Gasteiger partial charge is 0.351 e. The van der Waals surface area contributed by atoms with E-state index in [1.165, 1.54) is 6.92 Å². The van der Waals surface area contributed by atoms with E-state index in [-0.39, 0.29) is 35.5 Å². The number of nitrogens with one attached hydrogen (secondary N) is 2. The summed E-state index contributed by atoms with van der Waals surface area (Å²) in [5, 5.41) is 6.66. The van der Waals surface area contributed by atoms with Crippen LogP contribution < -0.4 is 16.4 Å². The van der Waals surface area contributed by atoms with Crippen molar-refractivity contribution in [3.63, 3.8) is 0 Å². The average Bonchev–Trinajstić information content (AvgIpc) is 2.68. The highest BCUT2D eigenvalue weighted by Gasteiger charge is 2.41. The second-order valence-corrected chi connectivity index (χ2v) is 7.71. The fraction of sp³-hybridized carbons (Fsp3) is 0.875. The summed E-state index contributed by atoms with van der Waals surface area (Å²) in [5.74, 6) is -0.00932. The molecule has 2 fully saturated rings. The summed E-state index contributed by atoms with van der Waals surface area (Å²) in [4.78, 5) is 25.7. The lowest BCUT2D eigenvalue weighted by Crippen LogP contribution is -2.59. The molecule has 2 rings (SSSR count). The first-order chi connectivity index (χ1) is 10.2. The number of carbonyl (C=O) groups excluding carboxylic acids is 2. The standard InChI is InChI=1S/C16H30N4O2/c1-10(21)18-13-9-11(19-16(2,3)4)5-6-14(13)20-8-7-12(17)15(20)22/h11-14,19H,5-9,17H2,1-4H3,(H,18,21)/t11?,12-,13+,14-/m0/s1. The molecule has 0 aromatic heterocycles. The van der Waals surface area contributed by atoms with Crippen LogP contribution >= 0.6 is 0 Å². The van der Waals surface area contributed by atoms with Gasteiger partial charge in [-0.05, 0) is 46.5 Å². The van der Waals surface area contributed by atoms with Crippen molar-refractivity contribution >= 4 is 11.8 Å². The Bertz CT molecular complexity index is 432. The SMILES string of the molecule is CC(=O)N[C@@H]1CC(NC(C)(C)C)CC[C@@H]1N1CC[C@H](N)C1=O. The van der Waals surface area contributed by atoms with E-state index in [0.29, 0.717) is 19.0 Å². The van der Waals surface area contributed by atoms with Crippen LogP contribution in [0.5, 0.6) is 0 Å². The molecule has 2 aliphatic rings. The molecule has 1 aliphatic heterocycles. The summed E-state index contributed by atoms with van der Waals surface area (Å²) in [6.07, 6.45) is 3.47. The molecule has 0 aromatic rings. The van der Waals surface area contributed by atoms with Gasteiger partial charge in [-0.25, -0.2) is 0 Å². The van der Waals surface area contributed by atoms with Crippen molar-refractivity contribution in [1.82, 2.24) is 15.5 Å². The number of likely N-dealkylation sites (tertiary alicyclic amines) is 1. The van der Waals surface area contributed by atoms with Crippen molar-refractivity contribution in [2.75, 3.05) is 6.54 Å². The molecular weight excluding hydrogens is 280 g/mol. The van der Waals surface area contributed by atoms with Gasteiger partial charge in [0.2, 0.25) is 11.8 Å². The second kappa shape index (κ2) is 6.54. The fourth-order valence-corrected chi connectivity index (χ4v) is 3.74. The first kappa shape index (κ1) is 17.2. The summed E-state index contributed by atoms with van der Waals surface area (Å²) in [5.41, 5.74) is 5.89. The number of nitrogens with zero attached hydrogens (tertiary/aromatic N) is 1. The lowest BCUT2D eigenvalue weighted by molar-refractivity contribution is -0.133. The number of amides is 2. The van der Waals surface area contributed by atoms with Crippen molar-refractivity contribution in [2.24, 2.45) is 5.73 Å². The van der Waals surface area contributed by atoms with Gasteiger partial charge in [0.05, 0.1) is 18.1 Å². The normalized spacial score (nSPS) is 33.1. The Morgan fingerprint density at radius 3 is 2.45 bits per heavy atom. The van der Waals surface area contributed by atoms with Crippen molar-refractivity contribution in [2.45, 2.75) is 83.1 Å². The Labute approximate surface area is 133 Å². The van der Waals surface area contributed by atoms with Gasteiger partial charge in [-0.1, -0.05) is 0 Å². The summed E-state index contributed by atoms with van der Waals surface area (Å²) in [6.45, 7) is 8.69. The quantitative estimate of drug-likeness (QED) is 0.702. The van der Waals surface area contributed by atoms with Gasteiger partial charge in [-0.2, -0.15) is 0 Å². The molecule has 4 atom stereocenters. The first-order valence-corrected chi connectivity index (χ1v) is 8.28. The predicted molar refractivity (Wildman–Crippen MR) is 86.2 cm³/mol. The zero-order valence-corrected chi connectivity index (χ0v) is 14.2. The van der Waals surface area contributed by atoms with Gasteiger partial charge in [0.15, 0.2) is 0 Å². The van der Waals surface area contributed by atoms with Crippen LogP contribution in [0, 0.1) is 0 Å². The molecule has 126 valence electrons. The van der Waals surface area contributed by atoms with Crippen molar-refractivity contribution < 1.29 is 9.59 Å². The maximum Gasteiger partial charge on any atom is 0.239 e. The van der Waals surface area contributed by atoms with Crippen molar-refractivity contribution in [3.05, 3.63) is 0 Å². The lowest BCUT2D eigenvalue weighted by Gasteiger charge is -2.43. The Morgan fingerprint density at radius 1 is 1.27 bits per heavy atom. The molecule has 0 bridgehead atoms. The van der Waals surface area contributed by atoms with Crippen LogP contribution in [0.1, 0.15) is 53.4 Å². The van der Waals surface area contributed by atoms with Crippen LogP contribution in [-0.2, 0) is 9.59 Å². The van der Waals surface area contributed by atoms with Crippen LogP contribution in [0.15, 0.2) is 0 Å². The number of hydrogen-bond donors (Lipinski definition) is 3. The molecule has 4 N–H and O–H groups in total. The minimum absolute atomic E-state index is 0.000324. The van der Waals surface area contributed by atoms with Crippen LogP contribution in [0.25, 0.3) is 0 Å². The minimum atomic E-state index is -0.372. The van der Waals surface area contributed by atoms with E-state index in [0.717, 1.165) is 19.3 Å². The lowest BCUT2D eigenvalue weighted by atomic mass is 9.84. The molecule has 0 aromatic carbocycles. The highest BCUT2D eigenvalue weighted by atomic mass is 16.2. The zero-order chi connectivity index (χ0) is 16.5. The molecule has 1 aliphatic carbocycles. The Morgan fingerprint density at radius 2 is 1.95 bits per heavy atom. The zero-order valence-electron chi connectivity index (χ0n) is 14.2. The first-order valence-electron chi connectivity index (χ1n) is 8.28. The smallest absolute Gasteiger partial charge is 0.239 e. The molecule has 0 spiro atoms. The molecule has 1 saturated carbocycles. The van der Waals surface area contributed by atoms with Gasteiger partial charge in [-0.3, -0.25) is 9.59 Å². The molecular formula is C16H30N4O2. The predicted octanol–water partition coefficient (Wildman–Crippen LogP) is 0.360. The molecule has 6 nitrogen and oxygen atoms in total. The monoisotopic (exact) mass is 310 g/mol. The van der Waals surface area contributed by atoms with Crippen LogP contribution in [0.2, 0.25) is 0 Å². The van der Waals surface area contributed by atoms with E-state index in [1.54, 1.807) is 0 Å². The second-order valence-electron chi connectivity index (χ2n) is 7.71. The summed E-state index contributed by atoms with van der Waals surface area (Å²) in [6, 6.07) is 0.0613. The van der Waals surface area contributed by atoms with E-state index in [4.69, 9.17) is 5.73 Å². The number of rotatable bonds is 3. The van der Waals surface area contributed by atoms with Gasteiger partial charge in [-0.15, -0.1) is 0 Å². The van der Waals surface area contributed by atoms with E-state index >= 15 is 0 Å². The van der Waals surface area contributed by atoms with Gasteiger partial charge in [0.1, 0.15) is 0 Å². The molecule has 1 unspecified atom stereocenters. The Balaban J connectivity index is 2.07. The van der Waals surface area contributed by atoms with E-state index in [9.17, 15) is 9.59 Å². The third-order valence-electron chi connectivity index (χ3n) is 4.52. The average molecular weight is 310 g/mol. The molecule has 1 saturated heterocycles. The van der Waals surface area contributed by atoms with E-state index in [1.807, 2.05) is 4.90 Å². The third kappa shape index (κ3) is 4.20. The number of carbonyl (C=O) groups is 2. The van der Waals surface area contributed by atoms with Crippen molar-refractivity contribution in [1.29, 1.82) is 0 Å². The number of hydrogen-bond acceptors (Lipinski definition) is 4. The Hall–Kier alpha value is -1.14. The molecule has 2 amide bonds. The van der Waals surface area contributed by atoms with Crippen LogP contribution in [-0.4, -0.2) is 53.0 Å².